The molecule has 24 heavy (non-hydrogen) atoms. The van der Waals surface area contributed by atoms with Crippen molar-refractivity contribution in [2.24, 2.45) is 0 Å². The average molecular weight is 324 g/mol. The molecular weight excluding hydrogens is 308 g/mol. The van der Waals surface area contributed by atoms with Gasteiger partial charge in [0.2, 0.25) is 5.91 Å². The summed E-state index contributed by atoms with van der Waals surface area (Å²) in [7, 11) is 0. The van der Waals surface area contributed by atoms with Crippen LogP contribution in [-0.4, -0.2) is 10.8 Å². The Kier molecular flexibility index (Phi) is 4.04. The van der Waals surface area contributed by atoms with E-state index in [-0.39, 0.29) is 18.0 Å². The SMILES string of the molecule is Cc1ccc2c(CC(=O)Nc3cccc([N+](=O)[O-])c3)coc2c1C. The number of carbonyl (C=O) groups is 1. The zero-order valence-corrected chi connectivity index (χ0v) is 13.3. The number of furan rings is 1. The number of carbonyl (C=O) groups excluding carboxylic acids is 1. The first-order valence-electron chi connectivity index (χ1n) is 7.46. The van der Waals surface area contributed by atoms with Crippen molar-refractivity contribution >= 4 is 28.3 Å². The molecule has 0 radical (unpaired) electrons. The fraction of sp³-hybridized carbons (Fsp3) is 0.167. The molecule has 0 unspecified atom stereocenters. The van der Waals surface area contributed by atoms with Crippen LogP contribution in [0.25, 0.3) is 11.0 Å². The van der Waals surface area contributed by atoms with Crippen LogP contribution in [0.4, 0.5) is 11.4 Å². The summed E-state index contributed by atoms with van der Waals surface area (Å²) in [6.07, 6.45) is 1.72. The zero-order chi connectivity index (χ0) is 17.3. The van der Waals surface area contributed by atoms with E-state index >= 15 is 0 Å². The smallest absolute Gasteiger partial charge is 0.271 e. The standard InChI is InChI=1S/C18H16N2O4/c1-11-6-7-16-13(10-24-18(16)12(11)2)8-17(21)19-14-4-3-5-15(9-14)20(22)23/h3-7,9-10H,8H2,1-2H3,(H,19,21). The molecule has 2 aromatic carbocycles. The van der Waals surface area contributed by atoms with Gasteiger partial charge in [-0.2, -0.15) is 0 Å². The maximum absolute atomic E-state index is 12.2. The molecule has 3 rings (SSSR count). The monoisotopic (exact) mass is 324 g/mol. The number of benzene rings is 2. The number of hydrogen-bond donors (Lipinski definition) is 1. The van der Waals surface area contributed by atoms with Gasteiger partial charge < -0.3 is 9.73 Å². The van der Waals surface area contributed by atoms with E-state index in [1.807, 2.05) is 26.0 Å². The minimum atomic E-state index is -0.496. The summed E-state index contributed by atoms with van der Waals surface area (Å²) in [5.41, 5.74) is 4.09. The van der Waals surface area contributed by atoms with Gasteiger partial charge in [-0.3, -0.25) is 14.9 Å². The van der Waals surface area contributed by atoms with Gasteiger partial charge in [-0.1, -0.05) is 18.2 Å². The van der Waals surface area contributed by atoms with Gasteiger partial charge >= 0.3 is 0 Å². The summed E-state index contributed by atoms with van der Waals surface area (Å²) < 4.78 is 5.59. The lowest BCUT2D eigenvalue weighted by Crippen LogP contribution is -2.14. The average Bonchev–Trinajstić information content (AvgIpc) is 2.94. The highest BCUT2D eigenvalue weighted by molar-refractivity contribution is 5.96. The summed E-state index contributed by atoms with van der Waals surface area (Å²) in [6, 6.07) is 9.80. The van der Waals surface area contributed by atoms with Crippen LogP contribution < -0.4 is 5.32 Å². The lowest BCUT2D eigenvalue weighted by molar-refractivity contribution is -0.384. The number of fused-ring (bicyclic) bond motifs is 1. The summed E-state index contributed by atoms with van der Waals surface area (Å²) in [5.74, 6) is -0.253. The number of anilines is 1. The minimum absolute atomic E-state index is 0.0624. The molecule has 122 valence electrons. The lowest BCUT2D eigenvalue weighted by atomic mass is 10.0. The number of hydrogen-bond acceptors (Lipinski definition) is 4. The van der Waals surface area contributed by atoms with Crippen molar-refractivity contribution in [3.63, 3.8) is 0 Å². The van der Waals surface area contributed by atoms with Crippen LogP contribution in [-0.2, 0) is 11.2 Å². The Morgan fingerprint density at radius 2 is 2.04 bits per heavy atom. The van der Waals surface area contributed by atoms with Gasteiger partial charge in [0, 0.05) is 28.8 Å². The fourth-order valence-corrected chi connectivity index (χ4v) is 2.60. The highest BCUT2D eigenvalue weighted by Crippen LogP contribution is 2.27. The largest absolute Gasteiger partial charge is 0.464 e. The predicted octanol–water partition coefficient (Wildman–Crippen LogP) is 4.14. The molecule has 6 heteroatoms. The Labute approximate surface area is 138 Å². The van der Waals surface area contributed by atoms with Gasteiger partial charge in [0.1, 0.15) is 5.58 Å². The number of aryl methyl sites for hydroxylation is 2. The van der Waals surface area contributed by atoms with Gasteiger partial charge in [-0.15, -0.1) is 0 Å². The van der Waals surface area contributed by atoms with Crippen molar-refractivity contribution in [1.29, 1.82) is 0 Å². The van der Waals surface area contributed by atoms with E-state index in [0.717, 1.165) is 27.7 Å². The molecule has 3 aromatic rings. The Balaban J connectivity index is 1.79. The summed E-state index contributed by atoms with van der Waals surface area (Å²) >= 11 is 0. The molecule has 0 spiro atoms. The van der Waals surface area contributed by atoms with Crippen molar-refractivity contribution in [1.82, 2.24) is 0 Å². The molecule has 0 bridgehead atoms. The summed E-state index contributed by atoms with van der Waals surface area (Å²) in [5, 5.41) is 14.4. The lowest BCUT2D eigenvalue weighted by Gasteiger charge is -2.05. The van der Waals surface area contributed by atoms with E-state index in [2.05, 4.69) is 5.32 Å². The Bertz CT molecular complexity index is 943. The number of non-ortho nitro benzene ring substituents is 1. The van der Waals surface area contributed by atoms with Crippen molar-refractivity contribution in [2.75, 3.05) is 5.32 Å². The summed E-state index contributed by atoms with van der Waals surface area (Å²) in [4.78, 5) is 22.5. The highest BCUT2D eigenvalue weighted by Gasteiger charge is 2.14. The molecule has 0 fully saturated rings. The number of nitrogens with one attached hydrogen (secondary N) is 1. The van der Waals surface area contributed by atoms with E-state index in [9.17, 15) is 14.9 Å². The van der Waals surface area contributed by atoms with Crippen molar-refractivity contribution < 1.29 is 14.1 Å². The molecular formula is C18H16N2O4. The molecule has 0 saturated heterocycles. The zero-order valence-electron chi connectivity index (χ0n) is 13.3. The highest BCUT2D eigenvalue weighted by atomic mass is 16.6. The second kappa shape index (κ2) is 6.16. The van der Waals surface area contributed by atoms with Crippen LogP contribution in [0, 0.1) is 24.0 Å². The Hall–Kier alpha value is -3.15. The first-order chi connectivity index (χ1) is 11.5. The van der Waals surface area contributed by atoms with Crippen LogP contribution in [0.3, 0.4) is 0 Å². The second-order valence-electron chi connectivity index (χ2n) is 5.68. The van der Waals surface area contributed by atoms with Crippen LogP contribution >= 0.6 is 0 Å². The molecule has 0 aliphatic rings. The van der Waals surface area contributed by atoms with E-state index in [1.165, 1.54) is 18.2 Å². The fourth-order valence-electron chi connectivity index (χ4n) is 2.60. The van der Waals surface area contributed by atoms with Crippen LogP contribution in [0.2, 0.25) is 0 Å². The number of amides is 1. The van der Waals surface area contributed by atoms with Crippen LogP contribution in [0.1, 0.15) is 16.7 Å². The molecule has 0 saturated carbocycles. The summed E-state index contributed by atoms with van der Waals surface area (Å²) in [6.45, 7) is 3.99. The van der Waals surface area contributed by atoms with Crippen LogP contribution in [0.15, 0.2) is 47.1 Å². The third-order valence-electron chi connectivity index (χ3n) is 4.03. The van der Waals surface area contributed by atoms with Crippen molar-refractivity contribution in [3.8, 4) is 0 Å². The van der Waals surface area contributed by atoms with Crippen molar-refractivity contribution in [3.05, 3.63) is 69.5 Å². The maximum atomic E-state index is 12.2. The normalized spacial score (nSPS) is 10.8. The molecule has 0 aliphatic carbocycles. The topological polar surface area (TPSA) is 85.4 Å². The third-order valence-corrected chi connectivity index (χ3v) is 4.03. The van der Waals surface area contributed by atoms with E-state index < -0.39 is 4.92 Å². The van der Waals surface area contributed by atoms with Gasteiger partial charge in [0.25, 0.3) is 5.69 Å². The first kappa shape index (κ1) is 15.7. The molecule has 1 aromatic heterocycles. The number of rotatable bonds is 4. The molecule has 6 nitrogen and oxygen atoms in total. The molecule has 1 heterocycles. The predicted molar refractivity (Wildman–Crippen MR) is 91.1 cm³/mol. The van der Waals surface area contributed by atoms with E-state index in [1.54, 1.807) is 12.3 Å². The first-order valence-corrected chi connectivity index (χ1v) is 7.46. The molecule has 0 aliphatic heterocycles. The van der Waals surface area contributed by atoms with Gasteiger partial charge in [-0.05, 0) is 31.0 Å². The van der Waals surface area contributed by atoms with E-state index in [4.69, 9.17) is 4.42 Å². The molecule has 1 amide bonds. The van der Waals surface area contributed by atoms with Crippen LogP contribution in [0.5, 0.6) is 0 Å². The number of nitro benzene ring substituents is 1. The second-order valence-corrected chi connectivity index (χ2v) is 5.68. The Morgan fingerprint density at radius 1 is 1.25 bits per heavy atom. The number of nitrogens with zero attached hydrogens (tertiary/aromatic N) is 1. The van der Waals surface area contributed by atoms with Gasteiger partial charge in [0.15, 0.2) is 0 Å². The van der Waals surface area contributed by atoms with Gasteiger partial charge in [0.05, 0.1) is 17.6 Å². The molecule has 0 atom stereocenters. The Morgan fingerprint density at radius 3 is 2.79 bits per heavy atom. The van der Waals surface area contributed by atoms with E-state index in [0.29, 0.717) is 5.69 Å². The quantitative estimate of drug-likeness (QED) is 0.577. The number of nitro groups is 1. The maximum Gasteiger partial charge on any atom is 0.271 e. The van der Waals surface area contributed by atoms with Gasteiger partial charge in [-0.25, -0.2) is 0 Å². The van der Waals surface area contributed by atoms with Crippen molar-refractivity contribution in [2.45, 2.75) is 20.3 Å². The minimum Gasteiger partial charge on any atom is -0.464 e. The molecule has 1 N–H and O–H groups in total. The third kappa shape index (κ3) is 2.99.